The van der Waals surface area contributed by atoms with Crippen LogP contribution in [0.15, 0.2) is 53.6 Å². The van der Waals surface area contributed by atoms with Crippen LogP contribution in [-0.2, 0) is 26.4 Å². The van der Waals surface area contributed by atoms with Gasteiger partial charge in [0, 0.05) is 69.8 Å². The molecule has 1 N–H and O–H groups in total. The zero-order chi connectivity index (χ0) is 30.4. The van der Waals surface area contributed by atoms with Crippen LogP contribution in [0.2, 0.25) is 0 Å². The molecule has 0 unspecified atom stereocenters. The SMILES string of the molecule is CN1CCN(c2ccc(Nc3ccc(=O)n(C)c3-c3c(C=O)ccnc3N3CCn4c(cc5c4CCCC5)C3=O)nc2)CC1. The second-order valence-corrected chi connectivity index (χ2v) is 11.8. The van der Waals surface area contributed by atoms with Crippen LogP contribution in [0.1, 0.15) is 44.9 Å². The summed E-state index contributed by atoms with van der Waals surface area (Å²) in [4.78, 5) is 55.1. The summed E-state index contributed by atoms with van der Waals surface area (Å²) in [5, 5.41) is 3.37. The molecule has 0 atom stereocenters. The molecule has 1 aliphatic carbocycles. The molecule has 7 rings (SSSR count). The number of pyridine rings is 3. The number of aldehydes is 1. The summed E-state index contributed by atoms with van der Waals surface area (Å²) in [6.45, 7) is 4.94. The van der Waals surface area contributed by atoms with Gasteiger partial charge in [-0.25, -0.2) is 9.97 Å². The highest BCUT2D eigenvalue weighted by Gasteiger charge is 2.33. The third-order valence-electron chi connectivity index (χ3n) is 9.19. The number of anilines is 4. The number of rotatable bonds is 6. The summed E-state index contributed by atoms with van der Waals surface area (Å²) in [5.74, 6) is 0.796. The standard InChI is InChI=1S/C33H36N8O3/c1-37-13-15-39(16-14-37)24-7-9-28(35-20-24)36-25-8-10-29(43)38(2)31(25)30-23(21-42)11-12-34-32(30)41-18-17-40-26-6-4-3-5-22(26)19-27(40)33(41)44/h7-12,19-21H,3-6,13-18H2,1-2H3,(H,35,36). The van der Waals surface area contributed by atoms with Crippen LogP contribution in [0.5, 0.6) is 0 Å². The number of amides is 1. The molecule has 6 heterocycles. The van der Waals surface area contributed by atoms with Crippen LogP contribution in [0.3, 0.4) is 0 Å². The molecular formula is C33H36N8O3. The van der Waals surface area contributed by atoms with Crippen molar-refractivity contribution in [1.82, 2.24) is 24.0 Å². The fourth-order valence-corrected chi connectivity index (χ4v) is 6.74. The van der Waals surface area contributed by atoms with Crippen LogP contribution in [0.4, 0.5) is 23.0 Å². The number of carbonyl (C=O) groups excluding carboxylic acids is 2. The van der Waals surface area contributed by atoms with Crippen LogP contribution in [-0.4, -0.2) is 76.0 Å². The van der Waals surface area contributed by atoms with Gasteiger partial charge in [-0.05, 0) is 68.6 Å². The normalized spacial score (nSPS) is 16.9. The number of nitrogens with one attached hydrogen (secondary N) is 1. The Hall–Kier alpha value is -4.77. The first kappa shape index (κ1) is 28.0. The minimum atomic E-state index is -0.248. The smallest absolute Gasteiger partial charge is 0.276 e. The van der Waals surface area contributed by atoms with Crippen molar-refractivity contribution in [2.45, 2.75) is 32.2 Å². The highest BCUT2D eigenvalue weighted by Crippen LogP contribution is 2.38. The van der Waals surface area contributed by atoms with Gasteiger partial charge in [-0.15, -0.1) is 0 Å². The van der Waals surface area contributed by atoms with E-state index in [9.17, 15) is 14.4 Å². The van der Waals surface area contributed by atoms with Crippen molar-refractivity contribution < 1.29 is 9.59 Å². The molecule has 0 bridgehead atoms. The molecule has 4 aromatic rings. The third kappa shape index (κ3) is 4.86. The van der Waals surface area contributed by atoms with E-state index in [1.807, 2.05) is 24.4 Å². The molecule has 0 saturated carbocycles. The van der Waals surface area contributed by atoms with E-state index < -0.39 is 0 Å². The van der Waals surface area contributed by atoms with Gasteiger partial charge in [-0.3, -0.25) is 19.3 Å². The van der Waals surface area contributed by atoms with Gasteiger partial charge in [0.15, 0.2) is 6.29 Å². The Balaban J connectivity index is 1.27. The lowest BCUT2D eigenvalue weighted by Crippen LogP contribution is -2.44. The van der Waals surface area contributed by atoms with Crippen molar-refractivity contribution >= 4 is 35.2 Å². The van der Waals surface area contributed by atoms with E-state index in [1.54, 1.807) is 30.3 Å². The maximum absolute atomic E-state index is 14.0. The number of nitrogens with zero attached hydrogens (tertiary/aromatic N) is 7. The predicted octanol–water partition coefficient (Wildman–Crippen LogP) is 3.49. The number of aromatic nitrogens is 4. The van der Waals surface area contributed by atoms with Crippen molar-refractivity contribution in [3.8, 4) is 11.3 Å². The monoisotopic (exact) mass is 592 g/mol. The minimum absolute atomic E-state index is 0.154. The summed E-state index contributed by atoms with van der Waals surface area (Å²) in [5.41, 5.74) is 5.77. The predicted molar refractivity (Wildman–Crippen MR) is 170 cm³/mol. The van der Waals surface area contributed by atoms with Gasteiger partial charge in [-0.2, -0.15) is 0 Å². The summed E-state index contributed by atoms with van der Waals surface area (Å²) in [6, 6.07) is 10.8. The molecule has 1 amide bonds. The Morgan fingerprint density at radius 3 is 2.48 bits per heavy atom. The van der Waals surface area contributed by atoms with Gasteiger partial charge in [0.05, 0.1) is 28.8 Å². The van der Waals surface area contributed by atoms with Crippen LogP contribution in [0, 0.1) is 0 Å². The zero-order valence-corrected chi connectivity index (χ0v) is 25.1. The average Bonchev–Trinajstić information content (AvgIpc) is 3.44. The second kappa shape index (κ2) is 11.4. The molecule has 0 aromatic carbocycles. The van der Waals surface area contributed by atoms with Gasteiger partial charge in [0.2, 0.25) is 0 Å². The van der Waals surface area contributed by atoms with Crippen molar-refractivity contribution in [3.63, 3.8) is 0 Å². The van der Waals surface area contributed by atoms with E-state index in [1.165, 1.54) is 21.9 Å². The minimum Gasteiger partial charge on any atom is -0.368 e. The summed E-state index contributed by atoms with van der Waals surface area (Å²) in [7, 11) is 3.79. The van der Waals surface area contributed by atoms with Gasteiger partial charge in [0.25, 0.3) is 11.5 Å². The van der Waals surface area contributed by atoms with E-state index in [4.69, 9.17) is 0 Å². The quantitative estimate of drug-likeness (QED) is 0.339. The van der Waals surface area contributed by atoms with Crippen molar-refractivity contribution in [1.29, 1.82) is 0 Å². The molecule has 11 heteroatoms. The van der Waals surface area contributed by atoms with E-state index in [0.29, 0.717) is 52.9 Å². The molecule has 44 heavy (non-hydrogen) atoms. The van der Waals surface area contributed by atoms with E-state index in [-0.39, 0.29) is 11.5 Å². The van der Waals surface area contributed by atoms with Gasteiger partial charge in [0.1, 0.15) is 17.3 Å². The Morgan fingerprint density at radius 1 is 0.886 bits per heavy atom. The molecule has 4 aromatic heterocycles. The van der Waals surface area contributed by atoms with Crippen LogP contribution < -0.4 is 20.7 Å². The first-order valence-electron chi connectivity index (χ1n) is 15.3. The molecule has 0 radical (unpaired) electrons. The van der Waals surface area contributed by atoms with Gasteiger partial charge in [-0.1, -0.05) is 0 Å². The first-order chi connectivity index (χ1) is 21.4. The Morgan fingerprint density at radius 2 is 1.70 bits per heavy atom. The molecule has 2 aliphatic heterocycles. The summed E-state index contributed by atoms with van der Waals surface area (Å²) >= 11 is 0. The third-order valence-corrected chi connectivity index (χ3v) is 9.19. The van der Waals surface area contributed by atoms with Crippen molar-refractivity contribution in [3.05, 3.63) is 81.7 Å². The second-order valence-electron chi connectivity index (χ2n) is 11.8. The molecular weight excluding hydrogens is 556 g/mol. The Bertz CT molecular complexity index is 1800. The highest BCUT2D eigenvalue weighted by atomic mass is 16.2. The van der Waals surface area contributed by atoms with Gasteiger partial charge >= 0.3 is 0 Å². The van der Waals surface area contributed by atoms with E-state index in [0.717, 1.165) is 63.8 Å². The molecule has 1 saturated heterocycles. The lowest BCUT2D eigenvalue weighted by atomic mass is 9.98. The molecule has 226 valence electrons. The maximum atomic E-state index is 14.0. The first-order valence-corrected chi connectivity index (χ1v) is 15.3. The molecule has 1 fully saturated rings. The fourth-order valence-electron chi connectivity index (χ4n) is 6.74. The van der Waals surface area contributed by atoms with Crippen LogP contribution >= 0.6 is 0 Å². The van der Waals surface area contributed by atoms with E-state index >= 15 is 0 Å². The largest absolute Gasteiger partial charge is 0.368 e. The van der Waals surface area contributed by atoms with Crippen molar-refractivity contribution in [2.75, 3.05) is 54.9 Å². The lowest BCUT2D eigenvalue weighted by Gasteiger charge is -2.33. The maximum Gasteiger partial charge on any atom is 0.276 e. The number of hydrogen-bond acceptors (Lipinski definition) is 8. The average molecular weight is 593 g/mol. The molecule has 0 spiro atoms. The molecule has 11 nitrogen and oxygen atoms in total. The summed E-state index contributed by atoms with van der Waals surface area (Å²) < 4.78 is 3.64. The number of fused-ring (bicyclic) bond motifs is 3. The Labute approximate surface area is 255 Å². The number of carbonyl (C=O) groups is 2. The lowest BCUT2D eigenvalue weighted by molar-refractivity contribution is 0.0963. The zero-order valence-electron chi connectivity index (χ0n) is 25.1. The topological polar surface area (TPSA) is 109 Å². The summed E-state index contributed by atoms with van der Waals surface area (Å²) in [6.07, 6.45) is 8.38. The number of likely N-dealkylation sites (N-methyl/N-ethyl adjacent to an activating group) is 1. The number of hydrogen-bond donors (Lipinski definition) is 1. The van der Waals surface area contributed by atoms with Crippen molar-refractivity contribution in [2.24, 2.45) is 7.05 Å². The van der Waals surface area contributed by atoms with Crippen LogP contribution in [0.25, 0.3) is 11.3 Å². The van der Waals surface area contributed by atoms with Gasteiger partial charge < -0.3 is 24.3 Å². The Kier molecular flexibility index (Phi) is 7.25. The highest BCUT2D eigenvalue weighted by molar-refractivity contribution is 6.09. The fraction of sp³-hybridized carbons (Fsp3) is 0.364. The number of aryl methyl sites for hydroxylation is 1. The molecule has 3 aliphatic rings. The van der Waals surface area contributed by atoms with E-state index in [2.05, 4.69) is 36.7 Å². The number of piperazine rings is 1.